The van der Waals surface area contributed by atoms with E-state index in [0.717, 1.165) is 5.69 Å². The van der Waals surface area contributed by atoms with E-state index >= 15 is 0 Å². The van der Waals surface area contributed by atoms with E-state index in [-0.39, 0.29) is 19.1 Å². The third-order valence-corrected chi connectivity index (χ3v) is 3.61. The van der Waals surface area contributed by atoms with Gasteiger partial charge in [-0.25, -0.2) is 8.78 Å². The molecule has 2 rings (SSSR count). The van der Waals surface area contributed by atoms with E-state index in [9.17, 15) is 22.4 Å². The van der Waals surface area contributed by atoms with Gasteiger partial charge in [0.1, 0.15) is 6.61 Å². The Morgan fingerprint density at radius 1 is 1.35 bits per heavy atom. The number of nitrogens with one attached hydrogen (secondary N) is 1. The molecule has 1 aromatic heterocycles. The number of alkyl halides is 4. The Morgan fingerprint density at radius 3 is 2.81 bits per heavy atom. The minimum absolute atomic E-state index is 0.286. The maximum atomic E-state index is 12.8. The smallest absolute Gasteiger partial charge is 0.330 e. The Labute approximate surface area is 148 Å². The number of nitrogens with zero attached hydrogens (tertiary/aromatic N) is 2. The van der Waals surface area contributed by atoms with E-state index < -0.39 is 19.0 Å². The van der Waals surface area contributed by atoms with Crippen LogP contribution in [0.15, 0.2) is 36.5 Å². The Kier molecular flexibility index (Phi) is 6.73. The number of hydrogen-bond acceptors (Lipinski definition) is 3. The zero-order valence-corrected chi connectivity index (χ0v) is 14.1. The first kappa shape index (κ1) is 19.9. The third-order valence-electron chi connectivity index (χ3n) is 3.61. The molecule has 0 spiro atoms. The number of rotatable bonds is 9. The summed E-state index contributed by atoms with van der Waals surface area (Å²) in [5.41, 5.74) is 1.59. The molecule has 2 aromatic rings. The normalized spacial score (nSPS) is 11.8. The largest absolute Gasteiger partial charge is 0.370 e. The molecule has 0 atom stereocenters. The monoisotopic (exact) mass is 373 g/mol. The van der Waals surface area contributed by atoms with Crippen molar-refractivity contribution in [2.24, 2.45) is 0 Å². The lowest BCUT2D eigenvalue weighted by Crippen LogP contribution is -2.32. The number of benzene rings is 1. The summed E-state index contributed by atoms with van der Waals surface area (Å²) in [5.74, 6) is -4.55. The van der Waals surface area contributed by atoms with E-state index in [1.54, 1.807) is 35.1 Å². The Bertz CT molecular complexity index is 734. The second kappa shape index (κ2) is 8.79. The summed E-state index contributed by atoms with van der Waals surface area (Å²) in [6.45, 7) is 1.20. The second-order valence-electron chi connectivity index (χ2n) is 5.58. The molecule has 1 N–H and O–H groups in total. The molecule has 26 heavy (non-hydrogen) atoms. The van der Waals surface area contributed by atoms with Crippen molar-refractivity contribution in [2.45, 2.75) is 39.0 Å². The lowest BCUT2D eigenvalue weighted by atomic mass is 10.1. The molecular weight excluding hydrogens is 354 g/mol. The van der Waals surface area contributed by atoms with E-state index in [1.165, 1.54) is 6.07 Å². The standard InChI is InChI=1S/C17H19F4N3O2/c1-2-24-14(6-7-23-24)9-22-15(25)13-5-3-4-12(8-13)10-26-11-17(20,21)16(18)19/h3-8,16H,2,9-11H2,1H3,(H,22,25). The summed E-state index contributed by atoms with van der Waals surface area (Å²) in [6, 6.07) is 7.94. The fraction of sp³-hybridized carbons (Fsp3) is 0.412. The summed E-state index contributed by atoms with van der Waals surface area (Å²) >= 11 is 0. The Hall–Kier alpha value is -2.42. The number of carbonyl (C=O) groups is 1. The van der Waals surface area contributed by atoms with Crippen LogP contribution in [0.25, 0.3) is 0 Å². The van der Waals surface area contributed by atoms with Crippen LogP contribution in [0, 0.1) is 0 Å². The highest BCUT2D eigenvalue weighted by Crippen LogP contribution is 2.23. The van der Waals surface area contributed by atoms with E-state index in [2.05, 4.69) is 15.2 Å². The van der Waals surface area contributed by atoms with Crippen molar-refractivity contribution in [3.63, 3.8) is 0 Å². The predicted octanol–water partition coefficient (Wildman–Crippen LogP) is 3.25. The van der Waals surface area contributed by atoms with Crippen LogP contribution in [0.3, 0.4) is 0 Å². The van der Waals surface area contributed by atoms with E-state index in [1.807, 2.05) is 6.92 Å². The van der Waals surface area contributed by atoms with Gasteiger partial charge in [-0.3, -0.25) is 9.48 Å². The number of hydrogen-bond donors (Lipinski definition) is 1. The maximum absolute atomic E-state index is 12.8. The predicted molar refractivity (Wildman–Crippen MR) is 86.1 cm³/mol. The summed E-state index contributed by atoms with van der Waals surface area (Å²) in [7, 11) is 0. The molecule has 0 unspecified atom stereocenters. The minimum Gasteiger partial charge on any atom is -0.370 e. The quantitative estimate of drug-likeness (QED) is 0.687. The molecule has 0 saturated heterocycles. The zero-order chi connectivity index (χ0) is 19.2. The van der Waals surface area contributed by atoms with Crippen LogP contribution in [-0.2, 0) is 24.4 Å². The van der Waals surface area contributed by atoms with Crippen LogP contribution in [0.5, 0.6) is 0 Å². The van der Waals surface area contributed by atoms with Gasteiger partial charge in [0.2, 0.25) is 0 Å². The highest BCUT2D eigenvalue weighted by atomic mass is 19.3. The number of halogens is 4. The Morgan fingerprint density at radius 2 is 2.12 bits per heavy atom. The molecule has 0 fully saturated rings. The summed E-state index contributed by atoms with van der Waals surface area (Å²) in [4.78, 5) is 12.2. The van der Waals surface area contributed by atoms with E-state index in [4.69, 9.17) is 0 Å². The van der Waals surface area contributed by atoms with Crippen LogP contribution in [0.1, 0.15) is 28.5 Å². The number of carbonyl (C=O) groups excluding carboxylic acids is 1. The average molecular weight is 373 g/mol. The van der Waals surface area contributed by atoms with Gasteiger partial charge in [-0.05, 0) is 30.7 Å². The molecule has 1 heterocycles. The first-order chi connectivity index (χ1) is 12.3. The van der Waals surface area contributed by atoms with Crippen LogP contribution < -0.4 is 5.32 Å². The summed E-state index contributed by atoms with van der Waals surface area (Å²) in [5, 5.41) is 6.84. The van der Waals surface area contributed by atoms with E-state index in [0.29, 0.717) is 17.7 Å². The minimum atomic E-state index is -4.20. The lowest BCUT2D eigenvalue weighted by molar-refractivity contribution is -0.168. The number of aromatic nitrogens is 2. The summed E-state index contributed by atoms with van der Waals surface area (Å²) in [6.07, 6.45) is -2.14. The molecule has 1 aromatic carbocycles. The van der Waals surface area contributed by atoms with Crippen molar-refractivity contribution >= 4 is 5.91 Å². The van der Waals surface area contributed by atoms with Gasteiger partial charge in [0.05, 0.1) is 18.8 Å². The summed E-state index contributed by atoms with van der Waals surface area (Å²) < 4.78 is 56.2. The van der Waals surface area contributed by atoms with Crippen LogP contribution >= 0.6 is 0 Å². The molecule has 142 valence electrons. The van der Waals surface area contributed by atoms with Gasteiger partial charge < -0.3 is 10.1 Å². The molecule has 1 amide bonds. The van der Waals surface area contributed by atoms with Gasteiger partial charge in [-0.15, -0.1) is 0 Å². The molecule has 0 aliphatic heterocycles. The highest BCUT2D eigenvalue weighted by molar-refractivity contribution is 5.94. The first-order valence-electron chi connectivity index (χ1n) is 7.95. The highest BCUT2D eigenvalue weighted by Gasteiger charge is 2.40. The first-order valence-corrected chi connectivity index (χ1v) is 7.95. The number of amides is 1. The fourth-order valence-electron chi connectivity index (χ4n) is 2.24. The van der Waals surface area contributed by atoms with Crippen molar-refractivity contribution in [3.05, 3.63) is 53.3 Å². The molecule has 0 saturated carbocycles. The van der Waals surface area contributed by atoms with Crippen molar-refractivity contribution in [1.29, 1.82) is 0 Å². The van der Waals surface area contributed by atoms with Gasteiger partial charge in [-0.2, -0.15) is 13.9 Å². The maximum Gasteiger partial charge on any atom is 0.330 e. The average Bonchev–Trinajstić information content (AvgIpc) is 3.07. The molecule has 9 heteroatoms. The van der Waals surface area contributed by atoms with Gasteiger partial charge in [-0.1, -0.05) is 12.1 Å². The van der Waals surface area contributed by atoms with Gasteiger partial charge in [0.25, 0.3) is 5.91 Å². The van der Waals surface area contributed by atoms with Gasteiger partial charge in [0.15, 0.2) is 0 Å². The van der Waals surface area contributed by atoms with Crippen LogP contribution in [0.4, 0.5) is 17.6 Å². The second-order valence-corrected chi connectivity index (χ2v) is 5.58. The molecule has 0 radical (unpaired) electrons. The fourth-order valence-corrected chi connectivity index (χ4v) is 2.24. The third kappa shape index (κ3) is 5.29. The van der Waals surface area contributed by atoms with Crippen molar-refractivity contribution in [1.82, 2.24) is 15.1 Å². The molecule has 0 aliphatic rings. The lowest BCUT2D eigenvalue weighted by Gasteiger charge is -2.15. The van der Waals surface area contributed by atoms with Crippen LogP contribution in [0.2, 0.25) is 0 Å². The number of ether oxygens (including phenoxy) is 1. The van der Waals surface area contributed by atoms with Gasteiger partial charge >= 0.3 is 12.3 Å². The molecule has 0 bridgehead atoms. The topological polar surface area (TPSA) is 56.2 Å². The van der Waals surface area contributed by atoms with Crippen molar-refractivity contribution < 1.29 is 27.1 Å². The molecule has 5 nitrogen and oxygen atoms in total. The van der Waals surface area contributed by atoms with Crippen LogP contribution in [-0.4, -0.2) is 34.6 Å². The SMILES string of the molecule is CCn1nccc1CNC(=O)c1cccc(COCC(F)(F)C(F)F)c1. The zero-order valence-electron chi connectivity index (χ0n) is 14.1. The number of aryl methyl sites for hydroxylation is 1. The van der Waals surface area contributed by atoms with Gasteiger partial charge in [0, 0.05) is 18.3 Å². The van der Waals surface area contributed by atoms with Crippen molar-refractivity contribution in [2.75, 3.05) is 6.61 Å². The Balaban J connectivity index is 1.90. The molecule has 0 aliphatic carbocycles. The van der Waals surface area contributed by atoms with Crippen molar-refractivity contribution in [3.8, 4) is 0 Å². The molecular formula is C17H19F4N3O2.